The first-order valence-electron chi connectivity index (χ1n) is 8.13. The SMILES string of the molecule is CCc1nnc(-c2cc(C)n(CC(=O)Nc3ccc(Cl)cc3F)c2C)o1. The van der Waals surface area contributed by atoms with Gasteiger partial charge in [-0.15, -0.1) is 10.2 Å². The molecule has 0 unspecified atom stereocenters. The lowest BCUT2D eigenvalue weighted by molar-refractivity contribution is -0.116. The third kappa shape index (κ3) is 3.62. The van der Waals surface area contributed by atoms with E-state index in [1.165, 1.54) is 12.1 Å². The number of halogens is 2. The molecule has 0 fully saturated rings. The Morgan fingerprint density at radius 2 is 2.08 bits per heavy atom. The number of nitrogens with one attached hydrogen (secondary N) is 1. The maximum Gasteiger partial charge on any atom is 0.249 e. The zero-order valence-electron chi connectivity index (χ0n) is 14.6. The molecule has 0 aliphatic rings. The van der Waals surface area contributed by atoms with Gasteiger partial charge in [-0.1, -0.05) is 18.5 Å². The number of aryl methyl sites for hydroxylation is 2. The highest BCUT2D eigenvalue weighted by Crippen LogP contribution is 2.26. The van der Waals surface area contributed by atoms with E-state index in [1.807, 2.05) is 31.4 Å². The normalized spacial score (nSPS) is 11.0. The number of hydrogen-bond acceptors (Lipinski definition) is 4. The Bertz CT molecular complexity index is 964. The van der Waals surface area contributed by atoms with E-state index in [4.69, 9.17) is 16.0 Å². The number of hydrogen-bond donors (Lipinski definition) is 1. The summed E-state index contributed by atoms with van der Waals surface area (Å²) < 4.78 is 21.2. The van der Waals surface area contributed by atoms with Crippen molar-refractivity contribution in [3.8, 4) is 11.5 Å². The summed E-state index contributed by atoms with van der Waals surface area (Å²) in [5, 5.41) is 10.8. The number of carbonyl (C=O) groups is 1. The Kier molecular flexibility index (Phi) is 5.08. The Morgan fingerprint density at radius 3 is 2.73 bits per heavy atom. The minimum absolute atomic E-state index is 0.0362. The van der Waals surface area contributed by atoms with Crippen LogP contribution in [0.15, 0.2) is 28.7 Å². The number of benzene rings is 1. The van der Waals surface area contributed by atoms with Gasteiger partial charge in [-0.2, -0.15) is 0 Å². The largest absolute Gasteiger partial charge is 0.421 e. The minimum atomic E-state index is -0.578. The predicted molar refractivity (Wildman–Crippen MR) is 96.6 cm³/mol. The van der Waals surface area contributed by atoms with Gasteiger partial charge in [0.05, 0.1) is 11.3 Å². The Hall–Kier alpha value is -2.67. The molecule has 136 valence electrons. The molecule has 3 rings (SSSR count). The zero-order chi connectivity index (χ0) is 18.8. The fourth-order valence-corrected chi connectivity index (χ4v) is 2.85. The first-order chi connectivity index (χ1) is 12.4. The highest BCUT2D eigenvalue weighted by molar-refractivity contribution is 6.30. The van der Waals surface area contributed by atoms with Crippen molar-refractivity contribution in [1.82, 2.24) is 14.8 Å². The number of amides is 1. The molecule has 1 N–H and O–H groups in total. The Balaban J connectivity index is 1.80. The van der Waals surface area contributed by atoms with E-state index in [1.54, 1.807) is 0 Å². The standard InChI is InChI=1S/C18H18ClFN4O2/c1-4-17-22-23-18(26-17)13-7-10(2)24(11(13)3)9-16(25)21-15-6-5-12(19)8-14(15)20/h5-8H,4,9H2,1-3H3,(H,21,25). The highest BCUT2D eigenvalue weighted by atomic mass is 35.5. The average molecular weight is 377 g/mol. The molecule has 2 heterocycles. The molecule has 0 aliphatic heterocycles. The zero-order valence-corrected chi connectivity index (χ0v) is 15.4. The summed E-state index contributed by atoms with van der Waals surface area (Å²) in [7, 11) is 0. The second kappa shape index (κ2) is 7.29. The van der Waals surface area contributed by atoms with Crippen LogP contribution in [0.4, 0.5) is 10.1 Å². The minimum Gasteiger partial charge on any atom is -0.421 e. The Labute approximate surface area is 155 Å². The second-order valence-electron chi connectivity index (χ2n) is 5.90. The van der Waals surface area contributed by atoms with Crippen LogP contribution < -0.4 is 5.32 Å². The van der Waals surface area contributed by atoms with Crippen LogP contribution in [0.1, 0.15) is 24.2 Å². The maximum absolute atomic E-state index is 13.8. The van der Waals surface area contributed by atoms with Crippen molar-refractivity contribution in [2.45, 2.75) is 33.7 Å². The predicted octanol–water partition coefficient (Wildman–Crippen LogP) is 4.15. The maximum atomic E-state index is 13.8. The summed E-state index contributed by atoms with van der Waals surface area (Å²) in [6.45, 7) is 5.72. The molecule has 0 aliphatic carbocycles. The fraction of sp³-hybridized carbons (Fsp3) is 0.278. The average Bonchev–Trinajstić information content (AvgIpc) is 3.17. The third-order valence-corrected chi connectivity index (χ3v) is 4.32. The van der Waals surface area contributed by atoms with Gasteiger partial charge in [0.15, 0.2) is 0 Å². The molecule has 1 amide bonds. The van der Waals surface area contributed by atoms with Crippen LogP contribution in [0.2, 0.25) is 5.02 Å². The van der Waals surface area contributed by atoms with Gasteiger partial charge in [0, 0.05) is 22.8 Å². The van der Waals surface area contributed by atoms with E-state index in [0.717, 1.165) is 23.0 Å². The fourth-order valence-electron chi connectivity index (χ4n) is 2.69. The van der Waals surface area contributed by atoms with Gasteiger partial charge in [-0.05, 0) is 38.1 Å². The molecule has 6 nitrogen and oxygen atoms in total. The van der Waals surface area contributed by atoms with Gasteiger partial charge in [0.25, 0.3) is 0 Å². The molecule has 0 radical (unpaired) electrons. The topological polar surface area (TPSA) is 73.0 Å². The summed E-state index contributed by atoms with van der Waals surface area (Å²) in [6.07, 6.45) is 0.654. The van der Waals surface area contributed by atoms with E-state index in [9.17, 15) is 9.18 Å². The molecule has 26 heavy (non-hydrogen) atoms. The summed E-state index contributed by atoms with van der Waals surface area (Å²) in [4.78, 5) is 12.3. The molecular weight excluding hydrogens is 359 g/mol. The smallest absolute Gasteiger partial charge is 0.249 e. The first kappa shape index (κ1) is 18.1. The summed E-state index contributed by atoms with van der Waals surface area (Å²) in [5.74, 6) is 0.0518. The van der Waals surface area contributed by atoms with Gasteiger partial charge in [-0.25, -0.2) is 4.39 Å². The molecule has 0 atom stereocenters. The van der Waals surface area contributed by atoms with Crippen molar-refractivity contribution >= 4 is 23.2 Å². The van der Waals surface area contributed by atoms with Crippen molar-refractivity contribution in [3.63, 3.8) is 0 Å². The number of carbonyl (C=O) groups excluding carboxylic acids is 1. The number of nitrogens with zero attached hydrogens (tertiary/aromatic N) is 3. The van der Waals surface area contributed by atoms with Crippen LogP contribution in [0, 0.1) is 19.7 Å². The molecule has 0 saturated heterocycles. The summed E-state index contributed by atoms with van der Waals surface area (Å²) >= 11 is 5.72. The van der Waals surface area contributed by atoms with E-state index in [2.05, 4.69) is 15.5 Å². The summed E-state index contributed by atoms with van der Waals surface area (Å²) in [5.41, 5.74) is 2.55. The highest BCUT2D eigenvalue weighted by Gasteiger charge is 2.18. The van der Waals surface area contributed by atoms with Crippen LogP contribution in [0.5, 0.6) is 0 Å². The Morgan fingerprint density at radius 1 is 1.31 bits per heavy atom. The van der Waals surface area contributed by atoms with Gasteiger partial charge in [0.2, 0.25) is 17.7 Å². The monoisotopic (exact) mass is 376 g/mol. The van der Waals surface area contributed by atoms with E-state index >= 15 is 0 Å². The van der Waals surface area contributed by atoms with Gasteiger partial charge in [0.1, 0.15) is 12.4 Å². The van der Waals surface area contributed by atoms with E-state index in [-0.39, 0.29) is 23.2 Å². The number of aromatic nitrogens is 3. The number of rotatable bonds is 5. The quantitative estimate of drug-likeness (QED) is 0.726. The van der Waals surface area contributed by atoms with E-state index < -0.39 is 5.82 Å². The molecule has 2 aromatic heterocycles. The van der Waals surface area contributed by atoms with Crippen LogP contribution in [0.3, 0.4) is 0 Å². The molecule has 0 saturated carbocycles. The van der Waals surface area contributed by atoms with Crippen LogP contribution in [0.25, 0.3) is 11.5 Å². The van der Waals surface area contributed by atoms with Gasteiger partial charge >= 0.3 is 0 Å². The molecule has 1 aromatic carbocycles. The van der Waals surface area contributed by atoms with Crippen LogP contribution in [-0.2, 0) is 17.8 Å². The lowest BCUT2D eigenvalue weighted by Gasteiger charge is -2.11. The molecule has 0 spiro atoms. The van der Waals surface area contributed by atoms with Crippen molar-refractivity contribution < 1.29 is 13.6 Å². The second-order valence-corrected chi connectivity index (χ2v) is 6.33. The van der Waals surface area contributed by atoms with E-state index in [0.29, 0.717) is 18.2 Å². The molecular formula is C18H18ClFN4O2. The van der Waals surface area contributed by atoms with Crippen molar-refractivity contribution in [3.05, 3.63) is 52.4 Å². The van der Waals surface area contributed by atoms with Crippen LogP contribution in [-0.4, -0.2) is 20.7 Å². The van der Waals surface area contributed by atoms with Gasteiger partial charge in [-0.3, -0.25) is 4.79 Å². The molecule has 8 heteroatoms. The van der Waals surface area contributed by atoms with Crippen molar-refractivity contribution in [2.24, 2.45) is 0 Å². The van der Waals surface area contributed by atoms with Crippen LogP contribution >= 0.6 is 11.6 Å². The van der Waals surface area contributed by atoms with Crippen molar-refractivity contribution in [1.29, 1.82) is 0 Å². The molecule has 3 aromatic rings. The number of anilines is 1. The molecule has 0 bridgehead atoms. The lowest BCUT2D eigenvalue weighted by Crippen LogP contribution is -2.20. The van der Waals surface area contributed by atoms with Gasteiger partial charge < -0.3 is 14.3 Å². The lowest BCUT2D eigenvalue weighted by atomic mass is 10.2. The summed E-state index contributed by atoms with van der Waals surface area (Å²) in [6, 6.07) is 5.99. The third-order valence-electron chi connectivity index (χ3n) is 4.08. The first-order valence-corrected chi connectivity index (χ1v) is 8.51. The van der Waals surface area contributed by atoms with Crippen molar-refractivity contribution in [2.75, 3.05) is 5.32 Å².